The maximum atomic E-state index is 13.0. The van der Waals surface area contributed by atoms with Crippen molar-refractivity contribution >= 4 is 28.8 Å². The molecule has 47 heavy (non-hydrogen) atoms. The molecule has 0 fully saturated rings. The first-order valence-electron chi connectivity index (χ1n) is 13.9. The van der Waals surface area contributed by atoms with Gasteiger partial charge in [0.15, 0.2) is 17.2 Å². The third-order valence-electron chi connectivity index (χ3n) is 7.15. The molecular weight excluding hydrogens is 618 g/mol. The van der Waals surface area contributed by atoms with E-state index in [0.717, 1.165) is 11.8 Å². The minimum absolute atomic E-state index is 0.00326. The number of benzene rings is 2. The molecule has 10 N–H and O–H groups in total. The molecule has 0 amide bonds. The maximum absolute atomic E-state index is 13.0. The standard InChI is InChI=1S/C31H33N5O11/c1-45-23-10-16(8-18-11-34-30(33)35-29(18)32)7-17(28(23)46-2)5-3-15-4-6-19-20(9-15)36(13-24(25(19)40)47-31(43)44)12-21(38)26(41)27(42)22(39)14-37/h4,6-7,9-11,13,21-22,26-27,37-39,41-42H,8,12,14H2,1-2H3,(H,43,44)(H4,32,33,34,35). The number of carbonyl (C=O) groups is 1. The van der Waals surface area contributed by atoms with Gasteiger partial charge in [0, 0.05) is 29.1 Å². The predicted molar refractivity (Wildman–Crippen MR) is 167 cm³/mol. The summed E-state index contributed by atoms with van der Waals surface area (Å²) in [6.07, 6.45) is -6.23. The normalized spacial score (nSPS) is 13.6. The number of methoxy groups -OCH3 is 2. The highest BCUT2D eigenvalue weighted by Gasteiger charge is 2.30. The van der Waals surface area contributed by atoms with Crippen LogP contribution in [0.2, 0.25) is 0 Å². The third kappa shape index (κ3) is 7.87. The minimum atomic E-state index is -1.93. The number of carboxylic acid groups (broad SMARTS) is 1. The Bertz CT molecular complexity index is 1900. The van der Waals surface area contributed by atoms with Crippen LogP contribution in [0, 0.1) is 11.8 Å². The van der Waals surface area contributed by atoms with E-state index < -0.39 is 54.9 Å². The van der Waals surface area contributed by atoms with E-state index in [1.807, 2.05) is 0 Å². The molecule has 4 unspecified atom stereocenters. The zero-order chi connectivity index (χ0) is 34.4. The summed E-state index contributed by atoms with van der Waals surface area (Å²) in [6, 6.07) is 7.91. The maximum Gasteiger partial charge on any atom is 0.511 e. The fourth-order valence-electron chi connectivity index (χ4n) is 4.78. The van der Waals surface area contributed by atoms with E-state index in [4.69, 9.17) is 31.2 Å². The number of hydrogen-bond donors (Lipinski definition) is 8. The number of pyridine rings is 1. The molecule has 4 atom stereocenters. The number of nitrogens with two attached hydrogens (primary N) is 2. The van der Waals surface area contributed by atoms with Crippen molar-refractivity contribution in [1.82, 2.24) is 14.5 Å². The van der Waals surface area contributed by atoms with Gasteiger partial charge in [0.1, 0.15) is 30.2 Å². The molecule has 248 valence electrons. The first-order valence-corrected chi connectivity index (χ1v) is 13.9. The Morgan fingerprint density at radius 3 is 2.36 bits per heavy atom. The Morgan fingerprint density at radius 2 is 1.72 bits per heavy atom. The van der Waals surface area contributed by atoms with Gasteiger partial charge in [0.25, 0.3) is 0 Å². The molecule has 0 aliphatic carbocycles. The third-order valence-corrected chi connectivity index (χ3v) is 7.15. The molecule has 16 heteroatoms. The number of aliphatic hydroxyl groups excluding tert-OH is 5. The molecule has 0 spiro atoms. The van der Waals surface area contributed by atoms with Gasteiger partial charge in [0.2, 0.25) is 11.4 Å². The second-order valence-corrected chi connectivity index (χ2v) is 10.3. The topological polar surface area (TPSA) is 266 Å². The van der Waals surface area contributed by atoms with E-state index >= 15 is 0 Å². The van der Waals surface area contributed by atoms with E-state index in [2.05, 4.69) is 26.5 Å². The van der Waals surface area contributed by atoms with E-state index in [0.29, 0.717) is 34.6 Å². The van der Waals surface area contributed by atoms with Crippen LogP contribution in [0.15, 0.2) is 47.5 Å². The van der Waals surface area contributed by atoms with Crippen molar-refractivity contribution in [3.63, 3.8) is 0 Å². The van der Waals surface area contributed by atoms with Crippen LogP contribution < -0.4 is 31.1 Å². The summed E-state index contributed by atoms with van der Waals surface area (Å²) < 4.78 is 16.9. The van der Waals surface area contributed by atoms with Gasteiger partial charge in [-0.15, -0.1) is 0 Å². The van der Waals surface area contributed by atoms with Gasteiger partial charge in [-0.3, -0.25) is 4.79 Å². The van der Waals surface area contributed by atoms with Crippen LogP contribution in [0.4, 0.5) is 16.6 Å². The fourth-order valence-corrected chi connectivity index (χ4v) is 4.78. The monoisotopic (exact) mass is 651 g/mol. The van der Waals surface area contributed by atoms with E-state index in [-0.39, 0.29) is 22.7 Å². The van der Waals surface area contributed by atoms with Gasteiger partial charge in [-0.05, 0) is 35.9 Å². The first-order chi connectivity index (χ1) is 22.4. The van der Waals surface area contributed by atoms with Crippen LogP contribution in [-0.2, 0) is 13.0 Å². The SMILES string of the molecule is COc1cc(Cc2cnc(N)nc2N)cc(C#Cc2ccc3c(=O)c(OC(=O)O)cn(CC(O)C(O)C(O)C(O)CO)c3c2)c1OC. The lowest BCUT2D eigenvalue weighted by molar-refractivity contribution is -0.117. The van der Waals surface area contributed by atoms with Crippen molar-refractivity contribution in [2.45, 2.75) is 37.4 Å². The number of hydrogen-bond acceptors (Lipinski definition) is 14. The average Bonchev–Trinajstić information content (AvgIpc) is 3.05. The predicted octanol–water partition coefficient (Wildman–Crippen LogP) is -0.544. The van der Waals surface area contributed by atoms with Crippen molar-refractivity contribution in [3.8, 4) is 29.1 Å². The summed E-state index contributed by atoms with van der Waals surface area (Å²) in [4.78, 5) is 32.2. The number of aliphatic hydroxyl groups is 5. The summed E-state index contributed by atoms with van der Waals surface area (Å²) in [6.45, 7) is -1.38. The lowest BCUT2D eigenvalue weighted by Gasteiger charge is -2.26. The van der Waals surface area contributed by atoms with Crippen molar-refractivity contribution in [2.24, 2.45) is 0 Å². The lowest BCUT2D eigenvalue weighted by atomic mass is 10.0. The molecule has 2 aromatic heterocycles. The van der Waals surface area contributed by atoms with E-state index in [1.165, 1.54) is 43.2 Å². The number of ether oxygens (including phenoxy) is 3. The summed E-state index contributed by atoms with van der Waals surface area (Å²) in [5.74, 6) is 6.45. The van der Waals surface area contributed by atoms with Gasteiger partial charge >= 0.3 is 6.16 Å². The molecule has 4 rings (SSSR count). The van der Waals surface area contributed by atoms with Crippen LogP contribution in [0.25, 0.3) is 10.9 Å². The van der Waals surface area contributed by atoms with Gasteiger partial charge in [-0.25, -0.2) is 9.78 Å². The van der Waals surface area contributed by atoms with Crippen LogP contribution in [0.3, 0.4) is 0 Å². The molecule has 0 bridgehead atoms. The highest BCUT2D eigenvalue weighted by Crippen LogP contribution is 2.33. The number of nitrogens with zero attached hydrogens (tertiary/aromatic N) is 3. The number of fused-ring (bicyclic) bond motifs is 1. The number of aromatic nitrogens is 3. The number of anilines is 2. The van der Waals surface area contributed by atoms with E-state index in [9.17, 15) is 30.0 Å². The molecule has 16 nitrogen and oxygen atoms in total. The van der Waals surface area contributed by atoms with Crippen LogP contribution in [0.1, 0.15) is 22.3 Å². The van der Waals surface area contributed by atoms with Gasteiger partial charge in [-0.1, -0.05) is 11.8 Å². The molecule has 0 saturated heterocycles. The Hall–Kier alpha value is -5.44. The molecule has 4 aromatic rings. The fraction of sp³-hybridized carbons (Fsp3) is 0.290. The van der Waals surface area contributed by atoms with Crippen molar-refractivity contribution in [3.05, 3.63) is 75.2 Å². The van der Waals surface area contributed by atoms with Gasteiger partial charge < -0.3 is 60.9 Å². The first kappa shape index (κ1) is 34.4. The Labute approximate surface area is 267 Å². The molecule has 0 aliphatic heterocycles. The molecule has 2 aromatic carbocycles. The number of nitrogen functional groups attached to an aromatic ring is 2. The molecule has 0 radical (unpaired) electrons. The average molecular weight is 652 g/mol. The Kier molecular flexibility index (Phi) is 10.8. The second kappa shape index (κ2) is 14.8. The van der Waals surface area contributed by atoms with Crippen LogP contribution >= 0.6 is 0 Å². The lowest BCUT2D eigenvalue weighted by Crippen LogP contribution is -2.47. The van der Waals surface area contributed by atoms with Crippen molar-refractivity contribution in [1.29, 1.82) is 0 Å². The molecule has 0 saturated carbocycles. The zero-order valence-corrected chi connectivity index (χ0v) is 25.2. The van der Waals surface area contributed by atoms with Gasteiger partial charge in [-0.2, -0.15) is 4.98 Å². The quantitative estimate of drug-likeness (QED) is 0.0747. The summed E-state index contributed by atoms with van der Waals surface area (Å²) >= 11 is 0. The van der Waals surface area contributed by atoms with Crippen LogP contribution in [0.5, 0.6) is 17.2 Å². The van der Waals surface area contributed by atoms with Gasteiger partial charge in [0.05, 0.1) is 44.6 Å². The molecular formula is C31H33N5O11. The highest BCUT2D eigenvalue weighted by atomic mass is 16.7. The van der Waals surface area contributed by atoms with Crippen molar-refractivity contribution < 1.29 is 49.6 Å². The Morgan fingerprint density at radius 1 is 1.00 bits per heavy atom. The summed E-state index contributed by atoms with van der Waals surface area (Å²) in [5.41, 5.74) is 13.2. The van der Waals surface area contributed by atoms with Crippen LogP contribution in [-0.4, -0.2) is 96.6 Å². The zero-order valence-electron chi connectivity index (χ0n) is 25.2. The summed E-state index contributed by atoms with van der Waals surface area (Å²) in [7, 11) is 2.93. The van der Waals surface area contributed by atoms with Crippen molar-refractivity contribution in [2.75, 3.05) is 32.3 Å². The minimum Gasteiger partial charge on any atom is -0.493 e. The largest absolute Gasteiger partial charge is 0.511 e. The second-order valence-electron chi connectivity index (χ2n) is 10.3. The Balaban J connectivity index is 1.78. The highest BCUT2D eigenvalue weighted by molar-refractivity contribution is 5.82. The smallest absolute Gasteiger partial charge is 0.493 e. The van der Waals surface area contributed by atoms with E-state index in [1.54, 1.807) is 12.1 Å². The number of rotatable bonds is 11. The summed E-state index contributed by atoms with van der Waals surface area (Å²) in [5, 5.41) is 58.9. The molecule has 0 aliphatic rings. The molecule has 2 heterocycles.